The summed E-state index contributed by atoms with van der Waals surface area (Å²) in [5, 5.41) is 19.5. The summed E-state index contributed by atoms with van der Waals surface area (Å²) in [6, 6.07) is 18.7. The van der Waals surface area contributed by atoms with Crippen LogP contribution in [0.5, 0.6) is 0 Å². The maximum absolute atomic E-state index is 12.6. The van der Waals surface area contributed by atoms with Crippen LogP contribution in [0.2, 0.25) is 0 Å². The van der Waals surface area contributed by atoms with Gasteiger partial charge in [0.1, 0.15) is 0 Å². The predicted molar refractivity (Wildman–Crippen MR) is 126 cm³/mol. The number of rotatable bonds is 6. The molecule has 0 spiro atoms. The molecule has 0 radical (unpaired) electrons. The summed E-state index contributed by atoms with van der Waals surface area (Å²) in [7, 11) is 0. The third-order valence-electron chi connectivity index (χ3n) is 4.19. The first kappa shape index (κ1) is 23.3. The van der Waals surface area contributed by atoms with E-state index in [0.29, 0.717) is 11.3 Å². The van der Waals surface area contributed by atoms with Gasteiger partial charge in [0.15, 0.2) is 0 Å². The molecule has 166 valence electrons. The number of non-ortho nitro benzene ring substituents is 1. The number of benzene rings is 3. The van der Waals surface area contributed by atoms with Crippen molar-refractivity contribution in [3.05, 3.63) is 98.5 Å². The van der Waals surface area contributed by atoms with Crippen LogP contribution in [-0.2, 0) is 9.59 Å². The lowest BCUT2D eigenvalue weighted by Gasteiger charge is -2.11. The van der Waals surface area contributed by atoms with Gasteiger partial charge >= 0.3 is 11.8 Å². The predicted octanol–water partition coefficient (Wildman–Crippen LogP) is 3.70. The largest absolute Gasteiger partial charge is 0.329 e. The van der Waals surface area contributed by atoms with E-state index in [1.165, 1.54) is 30.3 Å². The summed E-state index contributed by atoms with van der Waals surface area (Å²) >= 11 is 3.31. The van der Waals surface area contributed by atoms with E-state index in [-0.39, 0.29) is 16.9 Å². The van der Waals surface area contributed by atoms with Crippen LogP contribution in [0, 0.1) is 10.1 Å². The van der Waals surface area contributed by atoms with E-state index < -0.39 is 22.6 Å². The Morgan fingerprint density at radius 1 is 0.909 bits per heavy atom. The Kier molecular flexibility index (Phi) is 7.60. The van der Waals surface area contributed by atoms with Crippen molar-refractivity contribution in [3.8, 4) is 0 Å². The van der Waals surface area contributed by atoms with Gasteiger partial charge < -0.3 is 10.6 Å². The molecule has 3 rings (SSSR count). The Morgan fingerprint density at radius 3 is 2.36 bits per heavy atom. The average molecular weight is 510 g/mol. The van der Waals surface area contributed by atoms with E-state index in [0.717, 1.165) is 10.7 Å². The van der Waals surface area contributed by atoms with Crippen LogP contribution in [0.4, 0.5) is 17.1 Å². The third kappa shape index (κ3) is 6.55. The number of nitrogens with one attached hydrogen (secondary N) is 3. The Bertz CT molecular complexity index is 1240. The quantitative estimate of drug-likeness (QED) is 0.201. The van der Waals surface area contributed by atoms with Gasteiger partial charge in [-0.05, 0) is 36.4 Å². The SMILES string of the molecule is O=C(N/N=C\c1cccc([N+](=O)[O-])c1)C(=O)Nc1ccccc1C(=O)Nc1ccc(Br)cc1. The van der Waals surface area contributed by atoms with E-state index in [1.54, 1.807) is 42.5 Å². The number of halogens is 1. The first-order valence-corrected chi connectivity index (χ1v) is 10.2. The van der Waals surface area contributed by atoms with E-state index in [4.69, 9.17) is 0 Å². The summed E-state index contributed by atoms with van der Waals surface area (Å²) < 4.78 is 0.854. The Morgan fingerprint density at radius 2 is 1.64 bits per heavy atom. The number of para-hydroxylation sites is 1. The van der Waals surface area contributed by atoms with Crippen LogP contribution in [0.15, 0.2) is 82.4 Å². The normalized spacial score (nSPS) is 10.5. The Hall–Kier alpha value is -4.38. The summed E-state index contributed by atoms with van der Waals surface area (Å²) in [4.78, 5) is 47.2. The molecule has 3 aromatic rings. The molecule has 0 saturated heterocycles. The second-order valence-electron chi connectivity index (χ2n) is 6.51. The van der Waals surface area contributed by atoms with E-state index >= 15 is 0 Å². The van der Waals surface area contributed by atoms with Gasteiger partial charge in [0, 0.05) is 27.9 Å². The summed E-state index contributed by atoms with van der Waals surface area (Å²) in [6.45, 7) is 0. The summed E-state index contributed by atoms with van der Waals surface area (Å²) in [6.07, 6.45) is 1.16. The van der Waals surface area contributed by atoms with Gasteiger partial charge in [-0.15, -0.1) is 0 Å². The number of amides is 3. The first-order chi connectivity index (χ1) is 15.8. The zero-order chi connectivity index (χ0) is 23.8. The van der Waals surface area contributed by atoms with Crippen LogP contribution >= 0.6 is 15.9 Å². The van der Waals surface area contributed by atoms with Crippen LogP contribution in [-0.4, -0.2) is 28.9 Å². The second kappa shape index (κ2) is 10.8. The van der Waals surface area contributed by atoms with Gasteiger partial charge in [-0.1, -0.05) is 40.2 Å². The molecule has 0 saturated carbocycles. The second-order valence-corrected chi connectivity index (χ2v) is 7.43. The molecule has 10 nitrogen and oxygen atoms in total. The van der Waals surface area contributed by atoms with Gasteiger partial charge in [-0.3, -0.25) is 24.5 Å². The monoisotopic (exact) mass is 509 g/mol. The average Bonchev–Trinajstić information content (AvgIpc) is 2.81. The highest BCUT2D eigenvalue weighted by Crippen LogP contribution is 2.19. The van der Waals surface area contributed by atoms with Crippen LogP contribution < -0.4 is 16.1 Å². The number of anilines is 2. The van der Waals surface area contributed by atoms with Crippen molar-refractivity contribution in [2.45, 2.75) is 0 Å². The van der Waals surface area contributed by atoms with E-state index in [9.17, 15) is 24.5 Å². The molecule has 0 aliphatic heterocycles. The fourth-order valence-corrected chi connectivity index (χ4v) is 2.90. The van der Waals surface area contributed by atoms with Crippen LogP contribution in [0.1, 0.15) is 15.9 Å². The van der Waals surface area contributed by atoms with Crippen molar-refractivity contribution < 1.29 is 19.3 Å². The van der Waals surface area contributed by atoms with E-state index in [1.807, 2.05) is 5.43 Å². The lowest BCUT2D eigenvalue weighted by atomic mass is 10.1. The molecule has 3 aromatic carbocycles. The van der Waals surface area contributed by atoms with Crippen molar-refractivity contribution in [2.75, 3.05) is 10.6 Å². The minimum atomic E-state index is -1.08. The molecular weight excluding hydrogens is 494 g/mol. The molecule has 0 heterocycles. The molecule has 0 aliphatic carbocycles. The zero-order valence-electron chi connectivity index (χ0n) is 16.8. The minimum absolute atomic E-state index is 0.134. The maximum atomic E-state index is 12.6. The number of carbonyl (C=O) groups is 3. The zero-order valence-corrected chi connectivity index (χ0v) is 18.4. The highest BCUT2D eigenvalue weighted by molar-refractivity contribution is 9.10. The topological polar surface area (TPSA) is 143 Å². The highest BCUT2D eigenvalue weighted by atomic mass is 79.9. The molecular formula is C22H16BrN5O5. The van der Waals surface area contributed by atoms with Crippen LogP contribution in [0.3, 0.4) is 0 Å². The number of hydrogen-bond donors (Lipinski definition) is 3. The molecule has 3 N–H and O–H groups in total. The van der Waals surface area contributed by atoms with Gasteiger partial charge in [-0.25, -0.2) is 5.43 Å². The van der Waals surface area contributed by atoms with Gasteiger partial charge in [0.25, 0.3) is 11.6 Å². The van der Waals surface area contributed by atoms with Crippen molar-refractivity contribution in [2.24, 2.45) is 5.10 Å². The Balaban J connectivity index is 1.63. The summed E-state index contributed by atoms with van der Waals surface area (Å²) in [5.41, 5.74) is 3.10. The standard InChI is InChI=1S/C22H16BrN5O5/c23-15-8-10-16(11-9-15)25-20(29)18-6-1-2-7-19(18)26-21(30)22(31)27-24-13-14-4-3-5-17(12-14)28(32)33/h1-13H,(H,25,29)(H,26,30)(H,27,31)/b24-13-. The Labute approximate surface area is 196 Å². The molecule has 0 bridgehead atoms. The van der Waals surface area contributed by atoms with Gasteiger partial charge in [0.2, 0.25) is 0 Å². The third-order valence-corrected chi connectivity index (χ3v) is 4.72. The molecule has 3 amide bonds. The van der Waals surface area contributed by atoms with Crippen LogP contribution in [0.25, 0.3) is 0 Å². The fraction of sp³-hybridized carbons (Fsp3) is 0. The number of hydrogen-bond acceptors (Lipinski definition) is 6. The molecule has 33 heavy (non-hydrogen) atoms. The maximum Gasteiger partial charge on any atom is 0.329 e. The lowest BCUT2D eigenvalue weighted by molar-refractivity contribution is -0.384. The fourth-order valence-electron chi connectivity index (χ4n) is 2.64. The molecule has 0 unspecified atom stereocenters. The number of hydrazone groups is 1. The number of nitro groups is 1. The lowest BCUT2D eigenvalue weighted by Crippen LogP contribution is -2.33. The first-order valence-electron chi connectivity index (χ1n) is 9.38. The molecule has 0 aromatic heterocycles. The molecule has 0 atom stereocenters. The number of nitrogens with zero attached hydrogens (tertiary/aromatic N) is 2. The highest BCUT2D eigenvalue weighted by Gasteiger charge is 2.18. The van der Waals surface area contributed by atoms with Gasteiger partial charge in [-0.2, -0.15) is 5.10 Å². The van der Waals surface area contributed by atoms with Crippen molar-refractivity contribution in [3.63, 3.8) is 0 Å². The van der Waals surface area contributed by atoms with Crippen molar-refractivity contribution >= 4 is 56.9 Å². The smallest absolute Gasteiger partial charge is 0.322 e. The number of carbonyl (C=O) groups excluding carboxylic acids is 3. The van der Waals surface area contributed by atoms with E-state index in [2.05, 4.69) is 31.7 Å². The molecule has 11 heteroatoms. The van der Waals surface area contributed by atoms with Gasteiger partial charge in [0.05, 0.1) is 22.4 Å². The summed E-state index contributed by atoms with van der Waals surface area (Å²) in [5.74, 6) is -2.60. The minimum Gasteiger partial charge on any atom is -0.322 e. The molecule has 0 fully saturated rings. The van der Waals surface area contributed by atoms with Crippen molar-refractivity contribution in [1.29, 1.82) is 0 Å². The molecule has 0 aliphatic rings. The van der Waals surface area contributed by atoms with Crippen molar-refractivity contribution in [1.82, 2.24) is 5.43 Å². The number of nitro benzene ring substituents is 1.